The molecule has 0 aliphatic rings. The van der Waals surface area contributed by atoms with Crippen molar-refractivity contribution in [2.75, 3.05) is 0 Å². The van der Waals surface area contributed by atoms with Crippen molar-refractivity contribution in [2.24, 2.45) is 0 Å². The van der Waals surface area contributed by atoms with Crippen LogP contribution in [0.25, 0.3) is 0 Å². The second-order valence-electron chi connectivity index (χ2n) is 3.63. The maximum atomic E-state index is 9.27. The van der Waals surface area contributed by atoms with Crippen molar-refractivity contribution >= 4 is 19.8 Å². The van der Waals surface area contributed by atoms with E-state index in [-0.39, 0.29) is 0 Å². The molecule has 0 amide bonds. The molecule has 0 saturated carbocycles. The summed E-state index contributed by atoms with van der Waals surface area (Å²) in [6.45, 7) is 2.27. The van der Waals surface area contributed by atoms with Crippen LogP contribution in [0.4, 0.5) is 0 Å². The number of hydrogen-bond acceptors (Lipinski definition) is 1. The Bertz CT molecular complexity index is 258. The summed E-state index contributed by atoms with van der Waals surface area (Å²) in [7, 11) is 0. The molecule has 0 heterocycles. The molecule has 1 unspecified atom stereocenters. The van der Waals surface area contributed by atoms with Crippen molar-refractivity contribution in [1.82, 2.24) is 0 Å². The summed E-state index contributed by atoms with van der Waals surface area (Å²) in [6.07, 6.45) is 0. The molecule has 0 aliphatic heterocycles. The number of benzene rings is 1. The molecule has 1 aromatic carbocycles. The van der Waals surface area contributed by atoms with Crippen molar-refractivity contribution in [2.45, 2.75) is 20.7 Å². The van der Waals surface area contributed by atoms with E-state index < -0.39 is 19.8 Å². The van der Waals surface area contributed by atoms with Gasteiger partial charge in [0.15, 0.2) is 0 Å². The van der Waals surface area contributed by atoms with Gasteiger partial charge in [-0.15, -0.1) is 0 Å². The van der Waals surface area contributed by atoms with Crippen LogP contribution in [-0.4, -0.2) is 24.9 Å². The molecule has 0 spiro atoms. The zero-order valence-corrected chi connectivity index (χ0v) is 11.2. The molecule has 0 aromatic heterocycles. The van der Waals surface area contributed by atoms with Gasteiger partial charge in [0.25, 0.3) is 0 Å². The Morgan fingerprint density at radius 1 is 1.33 bits per heavy atom. The van der Waals surface area contributed by atoms with Crippen LogP contribution in [0.3, 0.4) is 0 Å². The normalized spacial score (nSPS) is 13.3. The van der Waals surface area contributed by atoms with Crippen molar-refractivity contribution < 1.29 is 5.11 Å². The summed E-state index contributed by atoms with van der Waals surface area (Å²) >= 11 is -1.26. The Morgan fingerprint density at radius 3 is 2.50 bits per heavy atom. The van der Waals surface area contributed by atoms with Crippen LogP contribution in [0.1, 0.15) is 16.4 Å². The number of rotatable bonds is 2. The summed E-state index contributed by atoms with van der Waals surface area (Å²) in [4.78, 5) is 4.80. The zero-order chi connectivity index (χ0) is 9.14. The first kappa shape index (κ1) is 9.90. The Balaban J connectivity index is 2.88. The molecule has 1 N–H and O–H groups in total. The van der Waals surface area contributed by atoms with Gasteiger partial charge >= 0.3 is 81.2 Å². The first-order valence-electron chi connectivity index (χ1n) is 4.40. The van der Waals surface area contributed by atoms with Gasteiger partial charge in [-0.1, -0.05) is 0 Å². The molecule has 1 atom stereocenters. The maximum absolute atomic E-state index is 9.27. The van der Waals surface area contributed by atoms with Gasteiger partial charge in [-0.25, -0.2) is 0 Å². The molecule has 1 aromatic rings. The monoisotopic (exact) mass is 272 g/mol. The van der Waals surface area contributed by atoms with E-state index in [2.05, 4.69) is 22.9 Å². The Hall–Kier alpha value is -0.181. The van der Waals surface area contributed by atoms with Crippen LogP contribution >= 0.6 is 0 Å². The van der Waals surface area contributed by atoms with Crippen LogP contribution < -0.4 is 0 Å². The molecule has 0 radical (unpaired) electrons. The first-order chi connectivity index (χ1) is 5.61. The van der Waals surface area contributed by atoms with E-state index in [0.717, 1.165) is 3.93 Å². The predicted octanol–water partition coefficient (Wildman–Crippen LogP) is 2.52. The minimum absolute atomic E-state index is 0.395. The van der Waals surface area contributed by atoms with Crippen molar-refractivity contribution in [3.8, 4) is 5.75 Å². The van der Waals surface area contributed by atoms with Crippen molar-refractivity contribution in [3.05, 3.63) is 29.8 Å². The van der Waals surface area contributed by atoms with E-state index in [0.29, 0.717) is 5.75 Å². The molecule has 0 aliphatic carbocycles. The van der Waals surface area contributed by atoms with E-state index in [1.807, 2.05) is 12.1 Å². The third-order valence-electron chi connectivity index (χ3n) is 2.40. The molecular weight excluding hydrogens is 255 g/mol. The van der Waals surface area contributed by atoms with E-state index in [9.17, 15) is 5.11 Å². The van der Waals surface area contributed by atoms with Crippen LogP contribution in [0.15, 0.2) is 24.3 Å². The summed E-state index contributed by atoms with van der Waals surface area (Å²) in [5.74, 6) is 0.395. The molecule has 1 nitrogen and oxygen atoms in total. The van der Waals surface area contributed by atoms with E-state index in [1.54, 1.807) is 6.07 Å². The van der Waals surface area contributed by atoms with Gasteiger partial charge in [0.2, 0.25) is 0 Å². The number of phenols is 1. The Labute approximate surface area is 81.2 Å². The molecule has 0 saturated heterocycles. The zero-order valence-electron chi connectivity index (χ0n) is 7.91. The van der Waals surface area contributed by atoms with E-state index in [4.69, 9.17) is 0 Å². The fourth-order valence-electron chi connectivity index (χ4n) is 1.19. The fourth-order valence-corrected chi connectivity index (χ4v) is 3.98. The molecule has 2 heteroatoms. The third kappa shape index (κ3) is 2.40. The second kappa shape index (κ2) is 4.17. The van der Waals surface area contributed by atoms with E-state index >= 15 is 0 Å². The van der Waals surface area contributed by atoms with Crippen molar-refractivity contribution in [3.63, 3.8) is 0 Å². The van der Waals surface area contributed by atoms with Crippen LogP contribution in [0.2, 0.25) is 9.88 Å². The van der Waals surface area contributed by atoms with Gasteiger partial charge in [-0.05, 0) is 0 Å². The molecule has 12 heavy (non-hydrogen) atoms. The second-order valence-corrected chi connectivity index (χ2v) is 13.6. The third-order valence-corrected chi connectivity index (χ3v) is 9.20. The molecule has 0 bridgehead atoms. The van der Waals surface area contributed by atoms with Gasteiger partial charge in [-0.3, -0.25) is 0 Å². The average molecular weight is 271 g/mol. The SMILES string of the molecule is C[CH](c1cccc(O)c1)[SnH]([CH3])[CH3]. The van der Waals surface area contributed by atoms with Gasteiger partial charge in [0, 0.05) is 0 Å². The average Bonchev–Trinajstić information content (AvgIpc) is 2.03. The molecule has 1 rings (SSSR count). The van der Waals surface area contributed by atoms with Gasteiger partial charge < -0.3 is 0 Å². The standard InChI is InChI=1S/C8H9O.2CH3.Sn.H/c1-2-7-4-3-5-8(9)6-7;;;;/h2-6,9H,1H3;2*1H3;;. The summed E-state index contributed by atoms with van der Waals surface area (Å²) in [6, 6.07) is 7.66. The molecule has 66 valence electrons. The van der Waals surface area contributed by atoms with Crippen molar-refractivity contribution in [1.29, 1.82) is 0 Å². The summed E-state index contributed by atoms with van der Waals surface area (Å²) in [5, 5.41) is 9.27. The van der Waals surface area contributed by atoms with E-state index in [1.165, 1.54) is 5.56 Å². The Kier molecular flexibility index (Phi) is 3.44. The van der Waals surface area contributed by atoms with Crippen LogP contribution in [0.5, 0.6) is 5.75 Å². The summed E-state index contributed by atoms with van der Waals surface area (Å²) < 4.78 is 0.721. The Morgan fingerprint density at radius 2 is 2.00 bits per heavy atom. The predicted molar refractivity (Wildman–Crippen MR) is 55.4 cm³/mol. The van der Waals surface area contributed by atoms with Gasteiger partial charge in [0.1, 0.15) is 0 Å². The first-order valence-corrected chi connectivity index (χ1v) is 12.9. The molecule has 0 fully saturated rings. The topological polar surface area (TPSA) is 20.2 Å². The fraction of sp³-hybridized carbons (Fsp3) is 0.400. The summed E-state index contributed by atoms with van der Waals surface area (Å²) in [5.41, 5.74) is 1.31. The quantitative estimate of drug-likeness (QED) is 0.819. The van der Waals surface area contributed by atoms with Crippen LogP contribution in [-0.2, 0) is 0 Å². The number of phenolic OH excluding ortho intramolecular Hbond substituents is 1. The van der Waals surface area contributed by atoms with Gasteiger partial charge in [0.05, 0.1) is 0 Å². The number of hydrogen-bond donors (Lipinski definition) is 1. The molecular formula is C10H16OSn. The van der Waals surface area contributed by atoms with Crippen LogP contribution in [0, 0.1) is 0 Å². The van der Waals surface area contributed by atoms with Gasteiger partial charge in [-0.2, -0.15) is 0 Å². The number of aromatic hydroxyl groups is 1. The minimum atomic E-state index is -1.26.